The van der Waals surface area contributed by atoms with Crippen molar-refractivity contribution < 1.29 is 0 Å². The van der Waals surface area contributed by atoms with Gasteiger partial charge in [-0.2, -0.15) is 4.98 Å². The molecule has 0 saturated carbocycles. The van der Waals surface area contributed by atoms with Gasteiger partial charge in [-0.1, -0.05) is 6.92 Å². The molecule has 2 heterocycles. The molecule has 0 amide bonds. The van der Waals surface area contributed by atoms with E-state index in [0.717, 1.165) is 43.0 Å². The zero-order chi connectivity index (χ0) is 13.7. The van der Waals surface area contributed by atoms with Crippen LogP contribution in [0.3, 0.4) is 0 Å². The van der Waals surface area contributed by atoms with E-state index in [0.29, 0.717) is 11.1 Å². The van der Waals surface area contributed by atoms with Crippen molar-refractivity contribution in [1.29, 1.82) is 0 Å². The maximum atomic E-state index is 5.65. The molecule has 2 aromatic heterocycles. The van der Waals surface area contributed by atoms with Crippen LogP contribution in [-0.4, -0.2) is 21.5 Å². The summed E-state index contributed by atoms with van der Waals surface area (Å²) in [5, 5.41) is 5.87. The van der Waals surface area contributed by atoms with Gasteiger partial charge in [0.15, 0.2) is 5.13 Å². The smallest absolute Gasteiger partial charge is 0.222 e. The van der Waals surface area contributed by atoms with Crippen LogP contribution >= 0.6 is 11.3 Å². The van der Waals surface area contributed by atoms with Crippen molar-refractivity contribution in [3.63, 3.8) is 0 Å². The monoisotopic (exact) mass is 278 g/mol. The lowest BCUT2D eigenvalue weighted by Crippen LogP contribution is -2.08. The van der Waals surface area contributed by atoms with Gasteiger partial charge in [-0.15, -0.1) is 11.3 Å². The zero-order valence-corrected chi connectivity index (χ0v) is 11.7. The molecule has 0 aliphatic rings. The van der Waals surface area contributed by atoms with Crippen LogP contribution in [-0.2, 0) is 12.8 Å². The second-order valence-electron chi connectivity index (χ2n) is 4.16. The summed E-state index contributed by atoms with van der Waals surface area (Å²) in [4.78, 5) is 12.5. The first kappa shape index (κ1) is 13.5. The van der Waals surface area contributed by atoms with E-state index in [9.17, 15) is 0 Å². The van der Waals surface area contributed by atoms with E-state index < -0.39 is 0 Å². The van der Waals surface area contributed by atoms with Crippen molar-refractivity contribution in [2.75, 3.05) is 23.3 Å². The van der Waals surface area contributed by atoms with Crippen LogP contribution in [0.25, 0.3) is 0 Å². The highest BCUT2D eigenvalue weighted by atomic mass is 32.1. The number of nitrogens with one attached hydrogen (secondary N) is 1. The van der Waals surface area contributed by atoms with Crippen LogP contribution in [0.5, 0.6) is 0 Å². The molecule has 0 radical (unpaired) electrons. The first-order chi connectivity index (χ1) is 9.17. The average Bonchev–Trinajstić information content (AvgIpc) is 2.80. The maximum absolute atomic E-state index is 5.65. The molecule has 0 fully saturated rings. The molecule has 0 saturated heterocycles. The van der Waals surface area contributed by atoms with Crippen LogP contribution in [0.2, 0.25) is 0 Å². The van der Waals surface area contributed by atoms with Crippen molar-refractivity contribution >= 4 is 28.2 Å². The van der Waals surface area contributed by atoms with E-state index in [1.165, 1.54) is 11.3 Å². The van der Waals surface area contributed by atoms with Gasteiger partial charge >= 0.3 is 0 Å². The molecular weight excluding hydrogens is 260 g/mol. The fraction of sp³-hybridized carbons (Fsp3) is 0.417. The van der Waals surface area contributed by atoms with Gasteiger partial charge in [-0.25, -0.2) is 9.97 Å². The third-order valence-electron chi connectivity index (χ3n) is 2.64. The van der Waals surface area contributed by atoms with Crippen molar-refractivity contribution in [3.05, 3.63) is 22.8 Å². The predicted molar refractivity (Wildman–Crippen MR) is 79.2 cm³/mol. The Labute approximate surface area is 116 Å². The molecule has 0 aliphatic heterocycles. The Morgan fingerprint density at radius 3 is 2.74 bits per heavy atom. The molecule has 0 bridgehead atoms. The number of nitrogens with two attached hydrogens (primary N) is 2. The molecule has 0 unspecified atom stereocenters. The molecule has 2 aromatic rings. The highest BCUT2D eigenvalue weighted by molar-refractivity contribution is 7.13. The fourth-order valence-corrected chi connectivity index (χ4v) is 2.31. The summed E-state index contributed by atoms with van der Waals surface area (Å²) >= 11 is 1.47. The molecule has 0 aliphatic carbocycles. The SMILES string of the molecule is CCc1cc(NCCCc2csc(N)n2)nc(N)n1. The zero-order valence-electron chi connectivity index (χ0n) is 10.9. The highest BCUT2D eigenvalue weighted by Gasteiger charge is 2.02. The summed E-state index contributed by atoms with van der Waals surface area (Å²) in [6.45, 7) is 2.86. The summed E-state index contributed by atoms with van der Waals surface area (Å²) in [5.41, 5.74) is 13.2. The molecule has 7 heteroatoms. The molecule has 5 N–H and O–H groups in total. The quantitative estimate of drug-likeness (QED) is 0.695. The Morgan fingerprint density at radius 1 is 1.21 bits per heavy atom. The minimum Gasteiger partial charge on any atom is -0.375 e. The van der Waals surface area contributed by atoms with Crippen LogP contribution in [0.4, 0.5) is 16.9 Å². The number of nitrogens with zero attached hydrogens (tertiary/aromatic N) is 3. The number of nitrogen functional groups attached to an aromatic ring is 2. The summed E-state index contributed by atoms with van der Waals surface area (Å²) < 4.78 is 0. The third kappa shape index (κ3) is 4.06. The van der Waals surface area contributed by atoms with Crippen LogP contribution in [0, 0.1) is 0 Å². The van der Waals surface area contributed by atoms with Crippen LogP contribution < -0.4 is 16.8 Å². The minimum absolute atomic E-state index is 0.314. The van der Waals surface area contributed by atoms with Gasteiger partial charge in [-0.3, -0.25) is 0 Å². The molecular formula is C12H18N6S. The number of rotatable bonds is 6. The van der Waals surface area contributed by atoms with Gasteiger partial charge in [0.05, 0.1) is 5.69 Å². The number of hydrogen-bond acceptors (Lipinski definition) is 7. The van der Waals surface area contributed by atoms with Gasteiger partial charge in [0.25, 0.3) is 0 Å². The Morgan fingerprint density at radius 2 is 2.05 bits per heavy atom. The third-order valence-corrected chi connectivity index (χ3v) is 3.37. The van der Waals surface area contributed by atoms with E-state index in [-0.39, 0.29) is 0 Å². The predicted octanol–water partition coefficient (Wildman–Crippen LogP) is 1.70. The van der Waals surface area contributed by atoms with Gasteiger partial charge in [0, 0.05) is 23.7 Å². The number of aromatic nitrogens is 3. The molecule has 19 heavy (non-hydrogen) atoms. The Hall–Kier alpha value is -1.89. The molecule has 0 spiro atoms. The number of anilines is 3. The largest absolute Gasteiger partial charge is 0.375 e. The molecule has 0 aromatic carbocycles. The number of hydrogen-bond donors (Lipinski definition) is 3. The summed E-state index contributed by atoms with van der Waals surface area (Å²) in [5.74, 6) is 1.09. The first-order valence-corrected chi connectivity index (χ1v) is 7.12. The Bertz CT molecular complexity index is 539. The summed E-state index contributed by atoms with van der Waals surface area (Å²) in [6, 6.07) is 1.93. The van der Waals surface area contributed by atoms with Crippen molar-refractivity contribution in [1.82, 2.24) is 15.0 Å². The van der Waals surface area contributed by atoms with Crippen LogP contribution in [0.15, 0.2) is 11.4 Å². The standard InChI is InChI=1S/C12H18N6S/c1-2-8-6-10(18-11(13)16-8)15-5-3-4-9-7-19-12(14)17-9/h6-7H,2-5H2,1H3,(H2,14,17)(H3,13,15,16,18). The van der Waals surface area contributed by atoms with Crippen molar-refractivity contribution in [2.45, 2.75) is 26.2 Å². The highest BCUT2D eigenvalue weighted by Crippen LogP contribution is 2.13. The average molecular weight is 278 g/mol. The number of thiazole rings is 1. The topological polar surface area (TPSA) is 103 Å². The van der Waals surface area contributed by atoms with E-state index in [1.54, 1.807) is 0 Å². The normalized spacial score (nSPS) is 10.6. The van der Waals surface area contributed by atoms with Gasteiger partial charge in [0.2, 0.25) is 5.95 Å². The fourth-order valence-electron chi connectivity index (χ4n) is 1.71. The maximum Gasteiger partial charge on any atom is 0.222 e. The lowest BCUT2D eigenvalue weighted by Gasteiger charge is -2.07. The van der Waals surface area contributed by atoms with Gasteiger partial charge in [-0.05, 0) is 19.3 Å². The molecule has 6 nitrogen and oxygen atoms in total. The Balaban J connectivity index is 1.80. The molecule has 0 atom stereocenters. The second-order valence-corrected chi connectivity index (χ2v) is 5.05. The van der Waals surface area contributed by atoms with E-state index in [1.807, 2.05) is 18.4 Å². The summed E-state index contributed by atoms with van der Waals surface area (Å²) in [6.07, 6.45) is 2.72. The lowest BCUT2D eigenvalue weighted by atomic mass is 10.2. The van der Waals surface area contributed by atoms with Gasteiger partial charge < -0.3 is 16.8 Å². The van der Waals surface area contributed by atoms with E-state index in [4.69, 9.17) is 11.5 Å². The van der Waals surface area contributed by atoms with E-state index in [2.05, 4.69) is 20.3 Å². The second kappa shape index (κ2) is 6.33. The van der Waals surface area contributed by atoms with E-state index >= 15 is 0 Å². The minimum atomic E-state index is 0.314. The molecule has 2 rings (SSSR count). The molecule has 102 valence electrons. The Kier molecular flexibility index (Phi) is 4.51. The lowest BCUT2D eigenvalue weighted by molar-refractivity contribution is 0.839. The van der Waals surface area contributed by atoms with Gasteiger partial charge in [0.1, 0.15) is 5.82 Å². The van der Waals surface area contributed by atoms with Crippen molar-refractivity contribution in [2.24, 2.45) is 0 Å². The number of aryl methyl sites for hydroxylation is 2. The summed E-state index contributed by atoms with van der Waals surface area (Å²) in [7, 11) is 0. The van der Waals surface area contributed by atoms with Crippen molar-refractivity contribution in [3.8, 4) is 0 Å². The first-order valence-electron chi connectivity index (χ1n) is 6.24. The van der Waals surface area contributed by atoms with Crippen LogP contribution in [0.1, 0.15) is 24.7 Å².